The molecule has 3 aromatic rings. The van der Waals surface area contributed by atoms with Crippen LogP contribution in [-0.4, -0.2) is 30.4 Å². The zero-order valence-corrected chi connectivity index (χ0v) is 18.0. The number of nitrogens with one attached hydrogen (secondary N) is 1. The van der Waals surface area contributed by atoms with Gasteiger partial charge in [-0.2, -0.15) is 0 Å². The molecule has 5 nitrogen and oxygen atoms in total. The summed E-state index contributed by atoms with van der Waals surface area (Å²) in [7, 11) is 1.62. The van der Waals surface area contributed by atoms with E-state index >= 15 is 0 Å². The smallest absolute Gasteiger partial charge is 0.257 e. The lowest BCUT2D eigenvalue weighted by atomic mass is 9.98. The molecular formula is C25H23ClN2O3. The van der Waals surface area contributed by atoms with Gasteiger partial charge in [0.2, 0.25) is 5.91 Å². The van der Waals surface area contributed by atoms with Crippen molar-refractivity contribution in [3.63, 3.8) is 0 Å². The molecule has 1 aliphatic heterocycles. The third-order valence-corrected chi connectivity index (χ3v) is 5.77. The summed E-state index contributed by atoms with van der Waals surface area (Å²) in [5.74, 6) is 0.560. The number of carbonyl (C=O) groups excluding carboxylic acids is 2. The maximum absolute atomic E-state index is 12.9. The number of ether oxygens (including phenoxy) is 1. The SMILES string of the molecule is COc1cccc(CC(=O)N2CCc3ccc(NC(=O)c4ccccc4Cl)cc3C2)c1. The molecule has 1 aliphatic rings. The number of fused-ring (bicyclic) bond motifs is 1. The predicted molar refractivity (Wildman–Crippen MR) is 122 cm³/mol. The van der Waals surface area contributed by atoms with Gasteiger partial charge in [-0.1, -0.05) is 41.9 Å². The van der Waals surface area contributed by atoms with Gasteiger partial charge in [-0.05, 0) is 59.5 Å². The van der Waals surface area contributed by atoms with Crippen molar-refractivity contribution in [2.45, 2.75) is 19.4 Å². The molecule has 0 atom stereocenters. The van der Waals surface area contributed by atoms with Crippen molar-refractivity contribution in [1.82, 2.24) is 4.90 Å². The highest BCUT2D eigenvalue weighted by molar-refractivity contribution is 6.34. The molecule has 0 unspecified atom stereocenters. The molecule has 4 rings (SSSR count). The first-order valence-electron chi connectivity index (χ1n) is 10.1. The molecular weight excluding hydrogens is 412 g/mol. The lowest BCUT2D eigenvalue weighted by Gasteiger charge is -2.29. The quantitative estimate of drug-likeness (QED) is 0.631. The van der Waals surface area contributed by atoms with Gasteiger partial charge in [0.1, 0.15) is 5.75 Å². The minimum atomic E-state index is -0.257. The van der Waals surface area contributed by atoms with Crippen molar-refractivity contribution in [1.29, 1.82) is 0 Å². The fourth-order valence-electron chi connectivity index (χ4n) is 3.76. The Hall–Kier alpha value is -3.31. The predicted octanol–water partition coefficient (Wildman–Crippen LogP) is 4.73. The van der Waals surface area contributed by atoms with Crippen molar-refractivity contribution in [3.05, 3.63) is 94.0 Å². The largest absolute Gasteiger partial charge is 0.497 e. The molecule has 0 aromatic heterocycles. The molecule has 0 saturated carbocycles. The third kappa shape index (κ3) is 4.89. The molecule has 0 saturated heterocycles. The molecule has 0 radical (unpaired) electrons. The van der Waals surface area contributed by atoms with Crippen LogP contribution in [0.1, 0.15) is 27.0 Å². The number of methoxy groups -OCH3 is 1. The number of halogens is 1. The van der Waals surface area contributed by atoms with E-state index in [9.17, 15) is 9.59 Å². The van der Waals surface area contributed by atoms with Gasteiger partial charge in [0.05, 0.1) is 24.1 Å². The summed E-state index contributed by atoms with van der Waals surface area (Å²) >= 11 is 6.13. The molecule has 0 aliphatic carbocycles. The molecule has 0 fully saturated rings. The number of rotatable bonds is 5. The highest BCUT2D eigenvalue weighted by Crippen LogP contribution is 2.25. The lowest BCUT2D eigenvalue weighted by Crippen LogP contribution is -2.37. The summed E-state index contributed by atoms with van der Waals surface area (Å²) in [5, 5.41) is 3.31. The molecule has 0 bridgehead atoms. The zero-order valence-electron chi connectivity index (χ0n) is 17.2. The van der Waals surface area contributed by atoms with Gasteiger partial charge >= 0.3 is 0 Å². The minimum Gasteiger partial charge on any atom is -0.497 e. The van der Waals surface area contributed by atoms with Crippen molar-refractivity contribution in [2.75, 3.05) is 19.0 Å². The Kier molecular flexibility index (Phi) is 6.23. The number of amides is 2. The number of anilines is 1. The molecule has 6 heteroatoms. The monoisotopic (exact) mass is 434 g/mol. The van der Waals surface area contributed by atoms with Crippen LogP contribution in [0, 0.1) is 0 Å². The summed E-state index contributed by atoms with van der Waals surface area (Å²) in [6.07, 6.45) is 1.12. The van der Waals surface area contributed by atoms with E-state index in [1.54, 1.807) is 31.4 Å². The minimum absolute atomic E-state index is 0.0735. The Morgan fingerprint density at radius 2 is 1.87 bits per heavy atom. The van der Waals surface area contributed by atoms with Crippen molar-refractivity contribution >= 4 is 29.1 Å². The van der Waals surface area contributed by atoms with Crippen molar-refractivity contribution in [2.24, 2.45) is 0 Å². The van der Waals surface area contributed by atoms with Gasteiger partial charge in [-0.15, -0.1) is 0 Å². The van der Waals surface area contributed by atoms with E-state index in [2.05, 4.69) is 5.32 Å². The average Bonchev–Trinajstić information content (AvgIpc) is 2.79. The lowest BCUT2D eigenvalue weighted by molar-refractivity contribution is -0.131. The van der Waals surface area contributed by atoms with Crippen LogP contribution in [0.3, 0.4) is 0 Å². The van der Waals surface area contributed by atoms with Crippen LogP contribution in [0.15, 0.2) is 66.7 Å². The molecule has 158 valence electrons. The molecule has 3 aromatic carbocycles. The molecule has 1 heterocycles. The first kappa shape index (κ1) is 20.9. The maximum Gasteiger partial charge on any atom is 0.257 e. The van der Waals surface area contributed by atoms with E-state index in [0.717, 1.165) is 23.3 Å². The van der Waals surface area contributed by atoms with E-state index in [4.69, 9.17) is 16.3 Å². The van der Waals surface area contributed by atoms with Gasteiger partial charge < -0.3 is 15.0 Å². The number of nitrogens with zero attached hydrogens (tertiary/aromatic N) is 1. The van der Waals surface area contributed by atoms with E-state index in [1.165, 1.54) is 5.56 Å². The van der Waals surface area contributed by atoms with Crippen LogP contribution >= 0.6 is 11.6 Å². The number of hydrogen-bond acceptors (Lipinski definition) is 3. The first-order chi connectivity index (χ1) is 15.0. The second-order valence-electron chi connectivity index (χ2n) is 7.51. The fourth-order valence-corrected chi connectivity index (χ4v) is 3.98. The molecule has 1 N–H and O–H groups in total. The van der Waals surface area contributed by atoms with E-state index < -0.39 is 0 Å². The van der Waals surface area contributed by atoms with Crippen LogP contribution in [0.25, 0.3) is 0 Å². The summed E-state index contributed by atoms with van der Waals surface area (Å²) in [5.41, 5.74) is 4.28. The Balaban J connectivity index is 1.45. The van der Waals surface area contributed by atoms with E-state index in [1.807, 2.05) is 47.4 Å². The van der Waals surface area contributed by atoms with Crippen LogP contribution in [-0.2, 0) is 24.2 Å². The summed E-state index contributed by atoms with van der Waals surface area (Å²) in [6, 6.07) is 20.4. The maximum atomic E-state index is 12.9. The van der Waals surface area contributed by atoms with E-state index in [0.29, 0.717) is 35.8 Å². The molecule has 0 spiro atoms. The standard InChI is InChI=1S/C25H23ClN2O3/c1-31-21-6-4-5-17(13-21)14-24(29)28-12-11-18-9-10-20(15-19(18)16-28)27-25(30)22-7-2-3-8-23(22)26/h2-10,13,15H,11-12,14,16H2,1H3,(H,27,30). The Labute approximate surface area is 186 Å². The van der Waals surface area contributed by atoms with Gasteiger partial charge in [0.25, 0.3) is 5.91 Å². The van der Waals surface area contributed by atoms with Crippen LogP contribution in [0.2, 0.25) is 5.02 Å². The van der Waals surface area contributed by atoms with Gasteiger partial charge in [-0.3, -0.25) is 9.59 Å². The summed E-state index contributed by atoms with van der Waals surface area (Å²) < 4.78 is 5.24. The highest BCUT2D eigenvalue weighted by Gasteiger charge is 2.21. The van der Waals surface area contributed by atoms with Crippen LogP contribution in [0.5, 0.6) is 5.75 Å². The fraction of sp³-hybridized carbons (Fsp3) is 0.200. The highest BCUT2D eigenvalue weighted by atomic mass is 35.5. The Morgan fingerprint density at radius 1 is 1.03 bits per heavy atom. The Morgan fingerprint density at radius 3 is 2.68 bits per heavy atom. The Bertz CT molecular complexity index is 1130. The number of benzene rings is 3. The topological polar surface area (TPSA) is 58.6 Å². The van der Waals surface area contributed by atoms with Gasteiger partial charge in [0.15, 0.2) is 0 Å². The normalized spacial score (nSPS) is 12.8. The first-order valence-corrected chi connectivity index (χ1v) is 10.5. The number of carbonyl (C=O) groups is 2. The van der Waals surface area contributed by atoms with Gasteiger partial charge in [-0.25, -0.2) is 0 Å². The number of hydrogen-bond donors (Lipinski definition) is 1. The summed E-state index contributed by atoms with van der Waals surface area (Å²) in [6.45, 7) is 1.20. The second-order valence-corrected chi connectivity index (χ2v) is 7.92. The van der Waals surface area contributed by atoms with E-state index in [-0.39, 0.29) is 11.8 Å². The van der Waals surface area contributed by atoms with Crippen molar-refractivity contribution in [3.8, 4) is 5.75 Å². The van der Waals surface area contributed by atoms with Crippen LogP contribution < -0.4 is 10.1 Å². The van der Waals surface area contributed by atoms with Gasteiger partial charge in [0, 0.05) is 18.8 Å². The third-order valence-electron chi connectivity index (χ3n) is 5.44. The zero-order chi connectivity index (χ0) is 21.8. The molecule has 2 amide bonds. The van der Waals surface area contributed by atoms with Crippen molar-refractivity contribution < 1.29 is 14.3 Å². The van der Waals surface area contributed by atoms with Crippen LogP contribution in [0.4, 0.5) is 5.69 Å². The average molecular weight is 435 g/mol. The summed E-state index contributed by atoms with van der Waals surface area (Å²) in [4.78, 5) is 27.3. The molecule has 31 heavy (non-hydrogen) atoms. The second kappa shape index (κ2) is 9.23.